The molecule has 4 aromatic rings. The quantitative estimate of drug-likeness (QED) is 0.275. The zero-order valence-electron chi connectivity index (χ0n) is 19.3. The number of hydrogen-bond donors (Lipinski definition) is 1. The van der Waals surface area contributed by atoms with Gasteiger partial charge in [0.1, 0.15) is 11.9 Å². The van der Waals surface area contributed by atoms with E-state index in [1.807, 2.05) is 65.4 Å². The molecule has 0 bridgehead atoms. The fourth-order valence-corrected chi connectivity index (χ4v) is 5.89. The molecule has 0 aliphatic heterocycles. The van der Waals surface area contributed by atoms with Crippen molar-refractivity contribution in [3.63, 3.8) is 0 Å². The van der Waals surface area contributed by atoms with E-state index in [1.54, 1.807) is 13.8 Å². The summed E-state index contributed by atoms with van der Waals surface area (Å²) in [6, 6.07) is 19.1. The lowest BCUT2D eigenvalue weighted by molar-refractivity contribution is -0.119. The fraction of sp³-hybridized carbons (Fsp3) is 0.214. The van der Waals surface area contributed by atoms with Gasteiger partial charge in [-0.1, -0.05) is 48.5 Å². The van der Waals surface area contributed by atoms with E-state index in [0.29, 0.717) is 10.6 Å². The van der Waals surface area contributed by atoms with E-state index < -0.39 is 12.2 Å². The lowest BCUT2D eigenvalue weighted by Gasteiger charge is -2.13. The summed E-state index contributed by atoms with van der Waals surface area (Å²) < 4.78 is 19.6. The Hall–Kier alpha value is -3.29. The van der Waals surface area contributed by atoms with Crippen molar-refractivity contribution >= 4 is 40.2 Å². The third kappa shape index (κ3) is 4.79. The first-order valence-electron chi connectivity index (χ1n) is 11.4. The van der Waals surface area contributed by atoms with Gasteiger partial charge in [0.05, 0.1) is 16.0 Å². The van der Waals surface area contributed by atoms with Crippen LogP contribution in [-0.4, -0.2) is 11.9 Å². The fourth-order valence-electron chi connectivity index (χ4n) is 4.31. The molecular formula is C28H24FNO3S2. The van der Waals surface area contributed by atoms with Crippen LogP contribution in [-0.2, 0) is 14.9 Å². The average Bonchev–Trinajstić information content (AvgIpc) is 3.32. The normalized spacial score (nSPS) is 14.8. The molecule has 2 heterocycles. The van der Waals surface area contributed by atoms with E-state index in [0.717, 1.165) is 52.0 Å². The van der Waals surface area contributed by atoms with Gasteiger partial charge in [-0.05, 0) is 65.8 Å². The van der Waals surface area contributed by atoms with Crippen LogP contribution in [0.25, 0.3) is 21.6 Å². The van der Waals surface area contributed by atoms with Gasteiger partial charge >= 0.3 is 6.09 Å². The summed E-state index contributed by atoms with van der Waals surface area (Å²) in [5.41, 5.74) is 4.96. The van der Waals surface area contributed by atoms with Crippen LogP contribution in [0.15, 0.2) is 71.4 Å². The van der Waals surface area contributed by atoms with Crippen LogP contribution < -0.4 is 5.32 Å². The highest BCUT2D eigenvalue weighted by Gasteiger charge is 2.48. The monoisotopic (exact) mass is 505 g/mol. The van der Waals surface area contributed by atoms with Crippen LogP contribution >= 0.6 is 22.7 Å². The molecule has 1 atom stereocenters. The van der Waals surface area contributed by atoms with Crippen molar-refractivity contribution < 1.29 is 18.7 Å². The molecule has 1 N–H and O–H groups in total. The van der Waals surface area contributed by atoms with E-state index in [2.05, 4.69) is 5.32 Å². The number of halogens is 1. The van der Waals surface area contributed by atoms with Crippen molar-refractivity contribution in [3.8, 4) is 21.6 Å². The van der Waals surface area contributed by atoms with Gasteiger partial charge in [0, 0.05) is 11.6 Å². The SMILES string of the molecule is CC(=O)C1(c2ccc(-c3ccc(-c4sc(F)cc4NC(=O)O[C@H](C)c4ccsc4)cc3)cc2)CC1. The molecule has 0 radical (unpaired) electrons. The second-order valence-electron chi connectivity index (χ2n) is 8.82. The second kappa shape index (κ2) is 9.40. The van der Waals surface area contributed by atoms with Crippen LogP contribution in [0, 0.1) is 5.13 Å². The predicted molar refractivity (Wildman–Crippen MR) is 140 cm³/mol. The number of carbonyl (C=O) groups is 2. The molecule has 5 rings (SSSR count). The minimum Gasteiger partial charge on any atom is -0.441 e. The molecule has 178 valence electrons. The minimum absolute atomic E-state index is 0.229. The van der Waals surface area contributed by atoms with Crippen molar-refractivity contribution in [2.75, 3.05) is 5.32 Å². The third-order valence-electron chi connectivity index (χ3n) is 6.58. The van der Waals surface area contributed by atoms with Crippen LogP contribution in [0.2, 0.25) is 0 Å². The molecule has 4 nitrogen and oxygen atoms in total. The van der Waals surface area contributed by atoms with Gasteiger partial charge in [0.2, 0.25) is 0 Å². The lowest BCUT2D eigenvalue weighted by atomic mass is 9.90. The Kier molecular flexibility index (Phi) is 6.30. The number of benzene rings is 2. The Morgan fingerprint density at radius 1 is 1.00 bits per heavy atom. The van der Waals surface area contributed by atoms with Crippen molar-refractivity contribution in [1.29, 1.82) is 0 Å². The molecular weight excluding hydrogens is 481 g/mol. The third-order valence-corrected chi connectivity index (χ3v) is 8.25. The van der Waals surface area contributed by atoms with E-state index in [1.165, 1.54) is 17.4 Å². The Morgan fingerprint density at radius 2 is 1.63 bits per heavy atom. The van der Waals surface area contributed by atoms with Crippen molar-refractivity contribution in [3.05, 3.63) is 87.7 Å². The first kappa shape index (κ1) is 23.5. The van der Waals surface area contributed by atoms with Gasteiger partial charge in [-0.2, -0.15) is 15.7 Å². The number of ether oxygens (including phenoxy) is 1. The first-order chi connectivity index (χ1) is 16.9. The van der Waals surface area contributed by atoms with Crippen molar-refractivity contribution in [2.24, 2.45) is 0 Å². The smallest absolute Gasteiger partial charge is 0.412 e. The van der Waals surface area contributed by atoms with E-state index in [-0.39, 0.29) is 16.3 Å². The molecule has 2 aromatic carbocycles. The number of carbonyl (C=O) groups excluding carboxylic acids is 2. The summed E-state index contributed by atoms with van der Waals surface area (Å²) in [4.78, 5) is 25.1. The number of ketones is 1. The summed E-state index contributed by atoms with van der Waals surface area (Å²) in [6.45, 7) is 3.47. The molecule has 35 heavy (non-hydrogen) atoms. The van der Waals surface area contributed by atoms with Crippen LogP contribution in [0.1, 0.15) is 43.9 Å². The molecule has 0 spiro atoms. The first-order valence-corrected chi connectivity index (χ1v) is 13.1. The maximum Gasteiger partial charge on any atom is 0.412 e. The standard InChI is InChI=1S/C28H24FNO3S2/c1-17(22-11-14-34-16-22)33-27(32)30-24-15-25(29)35-26(24)21-5-3-19(4-6-21)20-7-9-23(10-8-20)28(12-13-28)18(2)31/h3-11,14-17H,12-13H2,1-2H3,(H,30,32)/t17-/m1/s1. The second-order valence-corrected chi connectivity index (χ2v) is 10.6. The molecule has 1 aliphatic rings. The number of hydrogen-bond acceptors (Lipinski definition) is 5. The zero-order chi connectivity index (χ0) is 24.6. The number of rotatable bonds is 7. The molecule has 0 unspecified atom stereocenters. The van der Waals surface area contributed by atoms with Gasteiger partial charge in [-0.15, -0.1) is 11.3 Å². The zero-order valence-corrected chi connectivity index (χ0v) is 21.0. The average molecular weight is 506 g/mol. The Morgan fingerprint density at radius 3 is 2.20 bits per heavy atom. The van der Waals surface area contributed by atoms with Gasteiger partial charge < -0.3 is 4.74 Å². The van der Waals surface area contributed by atoms with Crippen LogP contribution in [0.5, 0.6) is 0 Å². The lowest BCUT2D eigenvalue weighted by Crippen LogP contribution is -2.16. The maximum absolute atomic E-state index is 14.2. The summed E-state index contributed by atoms with van der Waals surface area (Å²) in [5.74, 6) is 0.229. The minimum atomic E-state index is -0.626. The number of nitrogens with one attached hydrogen (secondary N) is 1. The van der Waals surface area contributed by atoms with Crippen LogP contribution in [0.4, 0.5) is 14.9 Å². The number of thiophene rings is 2. The summed E-state index contributed by atoms with van der Waals surface area (Å²) in [5, 5.41) is 6.15. The van der Waals surface area contributed by atoms with Crippen molar-refractivity contribution in [2.45, 2.75) is 38.2 Å². The Bertz CT molecular complexity index is 1350. The van der Waals surface area contributed by atoms with Crippen LogP contribution in [0.3, 0.4) is 0 Å². The molecule has 7 heteroatoms. The van der Waals surface area contributed by atoms with Crippen molar-refractivity contribution in [1.82, 2.24) is 0 Å². The van der Waals surface area contributed by atoms with E-state index in [9.17, 15) is 14.0 Å². The number of amides is 1. The van der Waals surface area contributed by atoms with Gasteiger partial charge in [0.15, 0.2) is 5.13 Å². The number of anilines is 1. The highest BCUT2D eigenvalue weighted by atomic mass is 32.1. The van der Waals surface area contributed by atoms with E-state index >= 15 is 0 Å². The van der Waals surface area contributed by atoms with Gasteiger partial charge in [-0.3, -0.25) is 10.1 Å². The molecule has 1 fully saturated rings. The van der Waals surface area contributed by atoms with Gasteiger partial charge in [0.25, 0.3) is 0 Å². The van der Waals surface area contributed by atoms with Gasteiger partial charge in [-0.25, -0.2) is 4.79 Å². The highest BCUT2D eigenvalue weighted by molar-refractivity contribution is 7.14. The highest BCUT2D eigenvalue weighted by Crippen LogP contribution is 2.49. The number of Topliss-reactive ketones (excluding diaryl/α,β-unsaturated/α-hetero) is 1. The maximum atomic E-state index is 14.2. The molecule has 1 amide bonds. The molecule has 0 saturated heterocycles. The molecule has 1 aliphatic carbocycles. The Balaban J connectivity index is 1.31. The van der Waals surface area contributed by atoms with E-state index in [4.69, 9.17) is 4.74 Å². The molecule has 1 saturated carbocycles. The summed E-state index contributed by atoms with van der Waals surface area (Å²) >= 11 is 2.51. The summed E-state index contributed by atoms with van der Waals surface area (Å²) in [7, 11) is 0. The molecule has 2 aromatic heterocycles. The summed E-state index contributed by atoms with van der Waals surface area (Å²) in [6.07, 6.45) is 0.817. The topological polar surface area (TPSA) is 55.4 Å². The largest absolute Gasteiger partial charge is 0.441 e. The Labute approximate surface area is 211 Å². The predicted octanol–water partition coefficient (Wildman–Crippen LogP) is 8.21.